The Balaban J connectivity index is 1.99. The van der Waals surface area contributed by atoms with Crippen molar-refractivity contribution in [2.24, 2.45) is 5.92 Å². The number of nitrogens with zero attached hydrogens (tertiary/aromatic N) is 2. The van der Waals surface area contributed by atoms with Crippen molar-refractivity contribution in [3.05, 3.63) is 92.5 Å². The van der Waals surface area contributed by atoms with Gasteiger partial charge in [-0.15, -0.1) is 0 Å². The second-order valence-electron chi connectivity index (χ2n) is 9.27. The zero-order valence-electron chi connectivity index (χ0n) is 21.5. The molecule has 0 spiro atoms. The summed E-state index contributed by atoms with van der Waals surface area (Å²) in [6, 6.07) is 21.6. The van der Waals surface area contributed by atoms with Crippen molar-refractivity contribution in [1.82, 2.24) is 10.2 Å². The van der Waals surface area contributed by atoms with Crippen LogP contribution < -0.4 is 9.62 Å². The van der Waals surface area contributed by atoms with Gasteiger partial charge in [0.2, 0.25) is 11.8 Å². The molecule has 0 saturated carbocycles. The number of carbonyl (C=O) groups is 2. The predicted molar refractivity (Wildman–Crippen MR) is 162 cm³/mol. The summed E-state index contributed by atoms with van der Waals surface area (Å²) in [4.78, 5) is 28.4. The van der Waals surface area contributed by atoms with E-state index in [9.17, 15) is 18.0 Å². The molecule has 38 heavy (non-hydrogen) atoms. The first-order valence-corrected chi connectivity index (χ1v) is 15.4. The van der Waals surface area contributed by atoms with Gasteiger partial charge in [-0.3, -0.25) is 13.9 Å². The van der Waals surface area contributed by atoms with Crippen molar-refractivity contribution in [1.29, 1.82) is 0 Å². The molecule has 3 aromatic rings. The lowest BCUT2D eigenvalue weighted by Crippen LogP contribution is -2.51. The Morgan fingerprint density at radius 1 is 0.947 bits per heavy atom. The van der Waals surface area contributed by atoms with Gasteiger partial charge < -0.3 is 10.2 Å². The molecule has 3 aromatic carbocycles. The highest BCUT2D eigenvalue weighted by atomic mass is 127. The van der Waals surface area contributed by atoms with Crippen molar-refractivity contribution < 1.29 is 18.0 Å². The molecule has 1 atom stereocenters. The van der Waals surface area contributed by atoms with Gasteiger partial charge in [0.1, 0.15) is 12.6 Å². The molecule has 0 radical (unpaired) electrons. The third-order valence-corrected chi connectivity index (χ3v) is 8.82. The van der Waals surface area contributed by atoms with Crippen LogP contribution in [0.1, 0.15) is 26.3 Å². The number of halogens is 2. The van der Waals surface area contributed by atoms with Crippen LogP contribution >= 0.6 is 38.5 Å². The quantitative estimate of drug-likeness (QED) is 0.269. The SMILES string of the molecule is CC(C)CNC(=O)C(C)N(Cc1cccc(Br)c1)C(=O)CN(c1ccc(I)cc1)S(=O)(=O)c1ccccc1. The zero-order chi connectivity index (χ0) is 27.9. The van der Waals surface area contributed by atoms with E-state index in [1.54, 1.807) is 49.4 Å². The van der Waals surface area contributed by atoms with Gasteiger partial charge in [0.15, 0.2) is 0 Å². The molecule has 1 unspecified atom stereocenters. The van der Waals surface area contributed by atoms with Crippen LogP contribution in [0.15, 0.2) is 88.2 Å². The number of benzene rings is 3. The van der Waals surface area contributed by atoms with Crippen LogP contribution in [0.3, 0.4) is 0 Å². The van der Waals surface area contributed by atoms with Crippen LogP contribution in [0, 0.1) is 9.49 Å². The lowest BCUT2D eigenvalue weighted by Gasteiger charge is -2.32. The molecule has 3 rings (SSSR count). The van der Waals surface area contributed by atoms with Crippen LogP contribution in [0.4, 0.5) is 5.69 Å². The predicted octanol–water partition coefficient (Wildman–Crippen LogP) is 5.44. The molecule has 0 saturated heterocycles. The summed E-state index contributed by atoms with van der Waals surface area (Å²) >= 11 is 5.59. The van der Waals surface area contributed by atoms with Crippen LogP contribution in [-0.4, -0.2) is 44.3 Å². The van der Waals surface area contributed by atoms with Gasteiger partial charge in [0, 0.05) is 21.1 Å². The molecular formula is C28H31BrIN3O4S. The Kier molecular flexibility index (Phi) is 10.8. The van der Waals surface area contributed by atoms with Gasteiger partial charge in [-0.2, -0.15) is 0 Å². The van der Waals surface area contributed by atoms with Crippen molar-refractivity contribution in [2.45, 2.75) is 38.3 Å². The number of amides is 2. The van der Waals surface area contributed by atoms with E-state index in [4.69, 9.17) is 0 Å². The first-order chi connectivity index (χ1) is 18.0. The molecule has 0 aliphatic rings. The van der Waals surface area contributed by atoms with Gasteiger partial charge in [0.05, 0.1) is 10.6 Å². The number of hydrogen-bond donors (Lipinski definition) is 1. The van der Waals surface area contributed by atoms with Crippen molar-refractivity contribution in [3.63, 3.8) is 0 Å². The minimum Gasteiger partial charge on any atom is -0.354 e. The fourth-order valence-electron chi connectivity index (χ4n) is 3.72. The maximum atomic E-state index is 13.9. The fourth-order valence-corrected chi connectivity index (χ4v) is 5.96. The Labute approximate surface area is 246 Å². The summed E-state index contributed by atoms with van der Waals surface area (Å²) in [6.07, 6.45) is 0. The normalized spacial score (nSPS) is 12.2. The number of nitrogens with one attached hydrogen (secondary N) is 1. The molecular weight excluding hydrogens is 681 g/mol. The highest BCUT2D eigenvalue weighted by Gasteiger charge is 2.32. The van der Waals surface area contributed by atoms with Crippen molar-refractivity contribution in [3.8, 4) is 0 Å². The molecule has 202 valence electrons. The Morgan fingerprint density at radius 2 is 1.61 bits per heavy atom. The topological polar surface area (TPSA) is 86.8 Å². The van der Waals surface area contributed by atoms with Crippen LogP contribution in [0.5, 0.6) is 0 Å². The first-order valence-electron chi connectivity index (χ1n) is 12.1. The lowest BCUT2D eigenvalue weighted by atomic mass is 10.1. The molecule has 0 bridgehead atoms. The molecule has 0 fully saturated rings. The summed E-state index contributed by atoms with van der Waals surface area (Å²) in [6.45, 7) is 5.78. The Hall–Kier alpha value is -2.44. The molecule has 10 heteroatoms. The molecule has 7 nitrogen and oxygen atoms in total. The standard InChI is InChI=1S/C28H31BrIN3O4S/c1-20(2)17-31-28(35)21(3)32(18-22-8-7-9-23(29)16-22)27(34)19-33(25-14-12-24(30)13-15-25)38(36,37)26-10-5-4-6-11-26/h4-16,20-21H,17-19H2,1-3H3,(H,31,35). The Morgan fingerprint density at radius 3 is 2.21 bits per heavy atom. The molecule has 2 amide bonds. The molecule has 0 heterocycles. The lowest BCUT2D eigenvalue weighted by molar-refractivity contribution is -0.139. The average molecular weight is 712 g/mol. The fraction of sp³-hybridized carbons (Fsp3) is 0.286. The minimum atomic E-state index is -4.07. The van der Waals surface area contributed by atoms with Crippen LogP contribution in [0.2, 0.25) is 0 Å². The summed E-state index contributed by atoms with van der Waals surface area (Å²) in [5.74, 6) is -0.545. The number of sulfonamides is 1. The largest absolute Gasteiger partial charge is 0.354 e. The summed E-state index contributed by atoms with van der Waals surface area (Å²) in [7, 11) is -4.07. The van der Waals surface area contributed by atoms with Gasteiger partial charge in [-0.25, -0.2) is 8.42 Å². The number of rotatable bonds is 11. The first kappa shape index (κ1) is 30.1. The third-order valence-electron chi connectivity index (χ3n) is 5.82. The zero-order valence-corrected chi connectivity index (χ0v) is 26.0. The van der Waals surface area contributed by atoms with E-state index in [1.165, 1.54) is 17.0 Å². The summed E-state index contributed by atoms with van der Waals surface area (Å²) in [5, 5.41) is 2.89. The van der Waals surface area contributed by atoms with Gasteiger partial charge in [-0.05, 0) is 89.5 Å². The van der Waals surface area contributed by atoms with Gasteiger partial charge >= 0.3 is 0 Å². The van der Waals surface area contributed by atoms with Crippen LogP contribution in [-0.2, 0) is 26.2 Å². The highest BCUT2D eigenvalue weighted by molar-refractivity contribution is 14.1. The monoisotopic (exact) mass is 711 g/mol. The Bertz CT molecular complexity index is 1350. The van der Waals surface area contributed by atoms with E-state index in [-0.39, 0.29) is 23.3 Å². The molecule has 0 aliphatic heterocycles. The van der Waals surface area contributed by atoms with E-state index in [2.05, 4.69) is 43.8 Å². The van der Waals surface area contributed by atoms with Gasteiger partial charge in [0.25, 0.3) is 10.0 Å². The number of anilines is 1. The van der Waals surface area contributed by atoms with E-state index in [1.807, 2.05) is 38.1 Å². The third kappa shape index (κ3) is 8.03. The van der Waals surface area contributed by atoms with Crippen molar-refractivity contribution >= 4 is 66.0 Å². The maximum Gasteiger partial charge on any atom is 0.264 e. The second-order valence-corrected chi connectivity index (χ2v) is 13.3. The molecule has 1 N–H and O–H groups in total. The van der Waals surface area contributed by atoms with E-state index in [0.717, 1.165) is 17.9 Å². The highest BCUT2D eigenvalue weighted by Crippen LogP contribution is 2.25. The van der Waals surface area contributed by atoms with Crippen LogP contribution in [0.25, 0.3) is 0 Å². The number of carbonyl (C=O) groups excluding carboxylic acids is 2. The van der Waals surface area contributed by atoms with E-state index in [0.29, 0.717) is 12.2 Å². The van der Waals surface area contributed by atoms with Gasteiger partial charge in [-0.1, -0.05) is 60.1 Å². The smallest absolute Gasteiger partial charge is 0.264 e. The average Bonchev–Trinajstić information content (AvgIpc) is 2.89. The van der Waals surface area contributed by atoms with E-state index < -0.39 is 28.5 Å². The molecule has 0 aliphatic carbocycles. The number of hydrogen-bond acceptors (Lipinski definition) is 4. The van der Waals surface area contributed by atoms with Crippen molar-refractivity contribution in [2.75, 3.05) is 17.4 Å². The summed E-state index contributed by atoms with van der Waals surface area (Å²) in [5.41, 5.74) is 1.17. The summed E-state index contributed by atoms with van der Waals surface area (Å²) < 4.78 is 30.3. The maximum absolute atomic E-state index is 13.9. The molecule has 0 aromatic heterocycles. The minimum absolute atomic E-state index is 0.0765. The second kappa shape index (κ2) is 13.6. The van der Waals surface area contributed by atoms with E-state index >= 15 is 0 Å².